The van der Waals surface area contributed by atoms with Gasteiger partial charge in [0.05, 0.1) is 12.2 Å². The fraction of sp³-hybridized carbons (Fsp3) is 0.200. The number of aryl methyl sites for hydroxylation is 1. The highest BCUT2D eigenvalue weighted by molar-refractivity contribution is 5.59. The van der Waals surface area contributed by atoms with Crippen LogP contribution in [0.3, 0.4) is 0 Å². The summed E-state index contributed by atoms with van der Waals surface area (Å²) in [5.41, 5.74) is 1.89. The van der Waals surface area contributed by atoms with Crippen LogP contribution in [0.1, 0.15) is 18.6 Å². The summed E-state index contributed by atoms with van der Waals surface area (Å²) in [5.74, 6) is 1.93. The van der Waals surface area contributed by atoms with E-state index in [0.717, 1.165) is 17.7 Å². The van der Waals surface area contributed by atoms with E-state index in [1.165, 1.54) is 0 Å². The molecule has 0 saturated carbocycles. The van der Waals surface area contributed by atoms with Gasteiger partial charge in [0, 0.05) is 12.0 Å². The van der Waals surface area contributed by atoms with Gasteiger partial charge in [0.25, 0.3) is 0 Å². The van der Waals surface area contributed by atoms with E-state index in [9.17, 15) is 0 Å². The Bertz CT molecular complexity index is 694. The van der Waals surface area contributed by atoms with Crippen molar-refractivity contribution < 1.29 is 4.52 Å². The van der Waals surface area contributed by atoms with E-state index in [0.29, 0.717) is 24.1 Å². The third-order valence-electron chi connectivity index (χ3n) is 2.97. The number of aromatic nitrogens is 4. The molecule has 0 aliphatic rings. The Hall–Kier alpha value is -2.76. The minimum absolute atomic E-state index is 0.461. The molecule has 3 rings (SSSR count). The average Bonchev–Trinajstić information content (AvgIpc) is 3.02. The summed E-state index contributed by atoms with van der Waals surface area (Å²) in [5, 5.41) is 15.3. The Balaban J connectivity index is 1.64. The van der Waals surface area contributed by atoms with Crippen molar-refractivity contribution in [3.05, 3.63) is 54.2 Å². The van der Waals surface area contributed by atoms with Gasteiger partial charge in [0.1, 0.15) is 5.82 Å². The molecule has 0 saturated heterocycles. The fourth-order valence-corrected chi connectivity index (χ4v) is 1.86. The second kappa shape index (κ2) is 6.13. The first-order valence-electron chi connectivity index (χ1n) is 6.79. The third kappa shape index (κ3) is 3.22. The van der Waals surface area contributed by atoms with Gasteiger partial charge >= 0.3 is 0 Å². The summed E-state index contributed by atoms with van der Waals surface area (Å²) in [7, 11) is 0. The number of nitrogens with one attached hydrogen (secondary N) is 1. The molecular weight excluding hydrogens is 266 g/mol. The summed E-state index contributed by atoms with van der Waals surface area (Å²) < 4.78 is 5.04. The van der Waals surface area contributed by atoms with Crippen molar-refractivity contribution >= 4 is 5.82 Å². The van der Waals surface area contributed by atoms with Crippen LogP contribution in [0.15, 0.2) is 47.0 Å². The standard InChI is InChI=1S/C15H15N5O/c1-2-15-17-14(20-21-15)10-16-13-9-8-12(18-19-13)11-6-4-3-5-7-11/h3-9H,2,10H2,1H3,(H,16,19). The van der Waals surface area contributed by atoms with Crippen molar-refractivity contribution in [2.24, 2.45) is 0 Å². The Morgan fingerprint density at radius 3 is 2.57 bits per heavy atom. The van der Waals surface area contributed by atoms with Gasteiger partial charge in [0.2, 0.25) is 5.89 Å². The maximum Gasteiger partial charge on any atom is 0.226 e. The van der Waals surface area contributed by atoms with Crippen LogP contribution < -0.4 is 5.32 Å². The van der Waals surface area contributed by atoms with E-state index in [-0.39, 0.29) is 0 Å². The number of anilines is 1. The smallest absolute Gasteiger partial charge is 0.226 e. The fourth-order valence-electron chi connectivity index (χ4n) is 1.86. The zero-order valence-electron chi connectivity index (χ0n) is 11.7. The van der Waals surface area contributed by atoms with Crippen molar-refractivity contribution in [3.63, 3.8) is 0 Å². The molecular formula is C15H15N5O. The summed E-state index contributed by atoms with van der Waals surface area (Å²) in [6.45, 7) is 2.43. The molecule has 106 valence electrons. The largest absolute Gasteiger partial charge is 0.361 e. The monoisotopic (exact) mass is 281 g/mol. The molecule has 0 amide bonds. The molecule has 0 fully saturated rings. The molecule has 0 aliphatic heterocycles. The topological polar surface area (TPSA) is 76.7 Å². The Morgan fingerprint density at radius 1 is 1.05 bits per heavy atom. The summed E-state index contributed by atoms with van der Waals surface area (Å²) in [4.78, 5) is 4.22. The molecule has 0 aliphatic carbocycles. The highest BCUT2D eigenvalue weighted by Gasteiger charge is 2.05. The van der Waals surface area contributed by atoms with Crippen LogP contribution in [-0.2, 0) is 13.0 Å². The first-order chi connectivity index (χ1) is 10.3. The number of benzene rings is 1. The van der Waals surface area contributed by atoms with Gasteiger partial charge < -0.3 is 9.84 Å². The molecule has 0 atom stereocenters. The van der Waals surface area contributed by atoms with Crippen LogP contribution in [0.25, 0.3) is 11.3 Å². The van der Waals surface area contributed by atoms with Crippen LogP contribution >= 0.6 is 0 Å². The predicted molar refractivity (Wildman–Crippen MR) is 78.5 cm³/mol. The lowest BCUT2D eigenvalue weighted by molar-refractivity contribution is 0.377. The number of nitrogens with zero attached hydrogens (tertiary/aromatic N) is 4. The van der Waals surface area contributed by atoms with E-state index in [1.54, 1.807) is 0 Å². The van der Waals surface area contributed by atoms with Gasteiger partial charge in [-0.1, -0.05) is 42.4 Å². The van der Waals surface area contributed by atoms with E-state index < -0.39 is 0 Å². The van der Waals surface area contributed by atoms with Crippen LogP contribution in [0.5, 0.6) is 0 Å². The lowest BCUT2D eigenvalue weighted by atomic mass is 10.1. The first-order valence-corrected chi connectivity index (χ1v) is 6.79. The number of hydrogen-bond acceptors (Lipinski definition) is 6. The molecule has 1 N–H and O–H groups in total. The second-order valence-electron chi connectivity index (χ2n) is 4.48. The lowest BCUT2D eigenvalue weighted by Gasteiger charge is -2.03. The molecule has 6 heteroatoms. The predicted octanol–water partition coefficient (Wildman–Crippen LogP) is 2.70. The van der Waals surface area contributed by atoms with E-state index in [4.69, 9.17) is 4.52 Å². The van der Waals surface area contributed by atoms with Gasteiger partial charge in [-0.2, -0.15) is 4.98 Å². The maximum absolute atomic E-state index is 5.04. The summed E-state index contributed by atoms with van der Waals surface area (Å²) in [6.07, 6.45) is 0.735. The zero-order valence-corrected chi connectivity index (χ0v) is 11.7. The van der Waals surface area contributed by atoms with Crippen molar-refractivity contribution in [3.8, 4) is 11.3 Å². The molecule has 0 radical (unpaired) electrons. The first kappa shape index (κ1) is 13.2. The molecule has 0 bridgehead atoms. The minimum Gasteiger partial charge on any atom is -0.361 e. The third-order valence-corrected chi connectivity index (χ3v) is 2.97. The van der Waals surface area contributed by atoms with Crippen molar-refractivity contribution in [2.45, 2.75) is 19.9 Å². The zero-order chi connectivity index (χ0) is 14.5. The van der Waals surface area contributed by atoms with Crippen LogP contribution in [0.4, 0.5) is 5.82 Å². The van der Waals surface area contributed by atoms with E-state index >= 15 is 0 Å². The summed E-state index contributed by atoms with van der Waals surface area (Å²) in [6, 6.07) is 13.7. The molecule has 3 aromatic rings. The Morgan fingerprint density at radius 2 is 1.90 bits per heavy atom. The van der Waals surface area contributed by atoms with Crippen molar-refractivity contribution in [2.75, 3.05) is 5.32 Å². The molecule has 0 unspecified atom stereocenters. The quantitative estimate of drug-likeness (QED) is 0.774. The lowest BCUT2D eigenvalue weighted by Crippen LogP contribution is -2.04. The molecule has 1 aromatic carbocycles. The second-order valence-corrected chi connectivity index (χ2v) is 4.48. The maximum atomic E-state index is 5.04. The summed E-state index contributed by atoms with van der Waals surface area (Å²) >= 11 is 0. The average molecular weight is 281 g/mol. The Labute approximate surface area is 122 Å². The normalized spacial score (nSPS) is 10.5. The van der Waals surface area contributed by atoms with Crippen LogP contribution in [0, 0.1) is 0 Å². The van der Waals surface area contributed by atoms with Crippen LogP contribution in [-0.4, -0.2) is 20.3 Å². The molecule has 2 heterocycles. The van der Waals surface area contributed by atoms with Gasteiger partial charge in [-0.3, -0.25) is 0 Å². The van der Waals surface area contributed by atoms with Crippen molar-refractivity contribution in [1.82, 2.24) is 20.3 Å². The highest BCUT2D eigenvalue weighted by atomic mass is 16.5. The highest BCUT2D eigenvalue weighted by Crippen LogP contribution is 2.16. The number of hydrogen-bond donors (Lipinski definition) is 1. The molecule has 2 aromatic heterocycles. The molecule has 6 nitrogen and oxygen atoms in total. The molecule has 21 heavy (non-hydrogen) atoms. The van der Waals surface area contributed by atoms with Crippen LogP contribution in [0.2, 0.25) is 0 Å². The van der Waals surface area contributed by atoms with Gasteiger partial charge in [-0.05, 0) is 12.1 Å². The van der Waals surface area contributed by atoms with Gasteiger partial charge in [-0.25, -0.2) is 0 Å². The SMILES string of the molecule is CCc1nc(CNc2ccc(-c3ccccc3)nn2)no1. The van der Waals surface area contributed by atoms with E-state index in [1.807, 2.05) is 49.4 Å². The minimum atomic E-state index is 0.461. The van der Waals surface area contributed by atoms with Crippen molar-refractivity contribution in [1.29, 1.82) is 0 Å². The van der Waals surface area contributed by atoms with Gasteiger partial charge in [-0.15, -0.1) is 10.2 Å². The number of rotatable bonds is 5. The van der Waals surface area contributed by atoms with Gasteiger partial charge in [0.15, 0.2) is 5.82 Å². The van der Waals surface area contributed by atoms with E-state index in [2.05, 4.69) is 25.7 Å². The Kier molecular flexibility index (Phi) is 3.86. The molecule has 0 spiro atoms.